The van der Waals surface area contributed by atoms with Gasteiger partial charge in [-0.15, -0.1) is 0 Å². The minimum Gasteiger partial charge on any atom is -0.379 e. The predicted molar refractivity (Wildman–Crippen MR) is 59.1 cm³/mol. The predicted octanol–water partition coefficient (Wildman–Crippen LogP) is 0.0393. The summed E-state index contributed by atoms with van der Waals surface area (Å²) in [5.41, 5.74) is 0. The van der Waals surface area contributed by atoms with Crippen LogP contribution in [0.2, 0.25) is 0 Å². The molecule has 2 fully saturated rings. The fourth-order valence-corrected chi connectivity index (χ4v) is 2.29. The van der Waals surface area contributed by atoms with Gasteiger partial charge in [-0.1, -0.05) is 0 Å². The zero-order valence-corrected chi connectivity index (χ0v) is 9.65. The van der Waals surface area contributed by atoms with Crippen molar-refractivity contribution < 1.29 is 9.47 Å². The SMILES string of the molecule is CC(CN1CCOCC1)N1CCOCC1. The summed E-state index contributed by atoms with van der Waals surface area (Å²) in [6, 6.07) is 0.645. The molecule has 0 aliphatic carbocycles. The second-order valence-corrected chi connectivity index (χ2v) is 4.41. The first-order valence-electron chi connectivity index (χ1n) is 5.98. The lowest BCUT2D eigenvalue weighted by Gasteiger charge is -2.36. The van der Waals surface area contributed by atoms with Crippen molar-refractivity contribution in [3.63, 3.8) is 0 Å². The number of hydrogen-bond donors (Lipinski definition) is 0. The van der Waals surface area contributed by atoms with Gasteiger partial charge in [-0.05, 0) is 6.92 Å². The van der Waals surface area contributed by atoms with Crippen molar-refractivity contribution in [2.24, 2.45) is 0 Å². The van der Waals surface area contributed by atoms with Gasteiger partial charge >= 0.3 is 0 Å². The first-order chi connectivity index (χ1) is 7.36. The first kappa shape index (κ1) is 11.3. The molecule has 0 spiro atoms. The molecule has 0 aromatic heterocycles. The highest BCUT2D eigenvalue weighted by Gasteiger charge is 2.20. The van der Waals surface area contributed by atoms with E-state index in [2.05, 4.69) is 16.7 Å². The summed E-state index contributed by atoms with van der Waals surface area (Å²) in [5, 5.41) is 0. The Morgan fingerprint density at radius 3 is 2.07 bits per heavy atom. The summed E-state index contributed by atoms with van der Waals surface area (Å²) >= 11 is 0. The number of rotatable bonds is 3. The molecule has 0 aromatic carbocycles. The van der Waals surface area contributed by atoms with Crippen molar-refractivity contribution in [3.8, 4) is 0 Å². The molecule has 4 nitrogen and oxygen atoms in total. The molecule has 4 heteroatoms. The van der Waals surface area contributed by atoms with Crippen LogP contribution in [0.4, 0.5) is 0 Å². The van der Waals surface area contributed by atoms with Crippen LogP contribution in [0.5, 0.6) is 0 Å². The summed E-state index contributed by atoms with van der Waals surface area (Å²) in [4.78, 5) is 5.03. The average Bonchev–Trinajstić information content (AvgIpc) is 2.31. The Morgan fingerprint density at radius 1 is 0.933 bits per heavy atom. The Morgan fingerprint density at radius 2 is 1.47 bits per heavy atom. The van der Waals surface area contributed by atoms with Gasteiger partial charge in [0.2, 0.25) is 0 Å². The minimum atomic E-state index is 0.645. The third kappa shape index (κ3) is 3.41. The van der Waals surface area contributed by atoms with Crippen LogP contribution in [0.25, 0.3) is 0 Å². The molecule has 0 aromatic rings. The highest BCUT2D eigenvalue weighted by molar-refractivity contribution is 4.74. The van der Waals surface area contributed by atoms with Crippen LogP contribution in [-0.2, 0) is 9.47 Å². The van der Waals surface area contributed by atoms with Gasteiger partial charge in [-0.3, -0.25) is 9.80 Å². The molecule has 2 saturated heterocycles. The van der Waals surface area contributed by atoms with E-state index in [1.165, 1.54) is 6.54 Å². The Bertz CT molecular complexity index is 177. The van der Waals surface area contributed by atoms with E-state index in [-0.39, 0.29) is 0 Å². The van der Waals surface area contributed by atoms with Gasteiger partial charge in [-0.25, -0.2) is 0 Å². The van der Waals surface area contributed by atoms with Gasteiger partial charge in [0, 0.05) is 38.8 Å². The Hall–Kier alpha value is -0.160. The second-order valence-electron chi connectivity index (χ2n) is 4.41. The van der Waals surface area contributed by atoms with Crippen molar-refractivity contribution in [2.75, 3.05) is 59.2 Å². The fraction of sp³-hybridized carbons (Fsp3) is 1.00. The normalized spacial score (nSPS) is 27.8. The highest BCUT2D eigenvalue weighted by Crippen LogP contribution is 2.06. The average molecular weight is 214 g/mol. The number of morpholine rings is 2. The lowest BCUT2D eigenvalue weighted by atomic mass is 10.2. The molecule has 1 unspecified atom stereocenters. The maximum absolute atomic E-state index is 5.36. The maximum Gasteiger partial charge on any atom is 0.0594 e. The van der Waals surface area contributed by atoms with Crippen LogP contribution in [-0.4, -0.2) is 75.0 Å². The van der Waals surface area contributed by atoms with Crippen molar-refractivity contribution in [2.45, 2.75) is 13.0 Å². The quantitative estimate of drug-likeness (QED) is 0.662. The smallest absolute Gasteiger partial charge is 0.0594 e. The van der Waals surface area contributed by atoms with E-state index < -0.39 is 0 Å². The number of hydrogen-bond acceptors (Lipinski definition) is 4. The molecule has 0 radical (unpaired) electrons. The van der Waals surface area contributed by atoms with Gasteiger partial charge < -0.3 is 9.47 Å². The maximum atomic E-state index is 5.36. The van der Waals surface area contributed by atoms with Crippen LogP contribution < -0.4 is 0 Å². The van der Waals surface area contributed by atoms with Crippen LogP contribution in [0.15, 0.2) is 0 Å². The molecule has 2 aliphatic heterocycles. The lowest BCUT2D eigenvalue weighted by molar-refractivity contribution is -0.00525. The lowest BCUT2D eigenvalue weighted by Crippen LogP contribution is -2.49. The van der Waals surface area contributed by atoms with Crippen LogP contribution in [0, 0.1) is 0 Å². The highest BCUT2D eigenvalue weighted by atomic mass is 16.5. The van der Waals surface area contributed by atoms with Crippen molar-refractivity contribution in [1.29, 1.82) is 0 Å². The second kappa shape index (κ2) is 5.80. The Kier molecular flexibility index (Phi) is 4.38. The molecule has 2 heterocycles. The fourth-order valence-electron chi connectivity index (χ4n) is 2.29. The van der Waals surface area contributed by atoms with Crippen molar-refractivity contribution in [1.82, 2.24) is 9.80 Å². The topological polar surface area (TPSA) is 24.9 Å². The van der Waals surface area contributed by atoms with E-state index in [9.17, 15) is 0 Å². The van der Waals surface area contributed by atoms with Crippen molar-refractivity contribution >= 4 is 0 Å². The van der Waals surface area contributed by atoms with Crippen LogP contribution in [0.1, 0.15) is 6.92 Å². The molecule has 15 heavy (non-hydrogen) atoms. The molecular formula is C11H22N2O2. The van der Waals surface area contributed by atoms with Gasteiger partial charge in [0.1, 0.15) is 0 Å². The van der Waals surface area contributed by atoms with Crippen molar-refractivity contribution in [3.05, 3.63) is 0 Å². The third-order valence-corrected chi connectivity index (χ3v) is 3.30. The summed E-state index contributed by atoms with van der Waals surface area (Å²) in [5.74, 6) is 0. The molecule has 0 saturated carbocycles. The monoisotopic (exact) mass is 214 g/mol. The number of nitrogens with zero attached hydrogens (tertiary/aromatic N) is 2. The van der Waals surface area contributed by atoms with E-state index in [1.807, 2.05) is 0 Å². The van der Waals surface area contributed by atoms with E-state index in [4.69, 9.17) is 9.47 Å². The van der Waals surface area contributed by atoms with Gasteiger partial charge in [-0.2, -0.15) is 0 Å². The first-order valence-corrected chi connectivity index (χ1v) is 5.98. The molecule has 0 bridgehead atoms. The van der Waals surface area contributed by atoms with Gasteiger partial charge in [0.15, 0.2) is 0 Å². The molecule has 0 N–H and O–H groups in total. The third-order valence-electron chi connectivity index (χ3n) is 3.30. The van der Waals surface area contributed by atoms with E-state index in [0.717, 1.165) is 52.6 Å². The van der Waals surface area contributed by atoms with Gasteiger partial charge in [0.25, 0.3) is 0 Å². The molecule has 1 atom stereocenters. The van der Waals surface area contributed by atoms with Crippen LogP contribution >= 0.6 is 0 Å². The standard InChI is InChI=1S/C11H22N2O2/c1-11(13-4-8-15-9-5-13)10-12-2-6-14-7-3-12/h11H,2-10H2,1H3. The molecule has 0 amide bonds. The summed E-state index contributed by atoms with van der Waals surface area (Å²) < 4.78 is 10.7. The number of ether oxygens (including phenoxy) is 2. The van der Waals surface area contributed by atoms with Gasteiger partial charge in [0.05, 0.1) is 26.4 Å². The van der Waals surface area contributed by atoms with E-state index in [1.54, 1.807) is 0 Å². The van der Waals surface area contributed by atoms with Crippen LogP contribution in [0.3, 0.4) is 0 Å². The van der Waals surface area contributed by atoms with E-state index in [0.29, 0.717) is 6.04 Å². The summed E-state index contributed by atoms with van der Waals surface area (Å²) in [6.07, 6.45) is 0. The molecule has 88 valence electrons. The zero-order chi connectivity index (χ0) is 10.5. The summed E-state index contributed by atoms with van der Waals surface area (Å²) in [6.45, 7) is 11.4. The van der Waals surface area contributed by atoms with E-state index >= 15 is 0 Å². The molecular weight excluding hydrogens is 192 g/mol. The zero-order valence-electron chi connectivity index (χ0n) is 9.65. The molecule has 2 aliphatic rings. The summed E-state index contributed by atoms with van der Waals surface area (Å²) in [7, 11) is 0. The Labute approximate surface area is 92.1 Å². The Balaban J connectivity index is 1.72. The minimum absolute atomic E-state index is 0.645. The largest absolute Gasteiger partial charge is 0.379 e. The molecule has 2 rings (SSSR count).